The average Bonchev–Trinajstić information content (AvgIpc) is 2.78. The Labute approximate surface area is 171 Å². The molecule has 1 fully saturated rings. The number of anilines is 2. The Balaban J connectivity index is 1.59. The first-order valence-electron chi connectivity index (χ1n) is 9.63. The van der Waals surface area contributed by atoms with Gasteiger partial charge in [-0.3, -0.25) is 0 Å². The molecule has 0 bridgehead atoms. The molecule has 3 aromatic rings. The molecule has 0 aromatic heterocycles. The van der Waals surface area contributed by atoms with Gasteiger partial charge in [-0.05, 0) is 43.4 Å². The van der Waals surface area contributed by atoms with E-state index >= 15 is 0 Å². The summed E-state index contributed by atoms with van der Waals surface area (Å²) in [5.74, 6) is 0.857. The first-order valence-corrected chi connectivity index (χ1v) is 11.1. The summed E-state index contributed by atoms with van der Waals surface area (Å²) in [7, 11) is -0.397. The van der Waals surface area contributed by atoms with Gasteiger partial charge < -0.3 is 14.5 Å². The van der Waals surface area contributed by atoms with E-state index in [4.69, 9.17) is 4.74 Å². The van der Waals surface area contributed by atoms with E-state index in [0.717, 1.165) is 48.4 Å². The van der Waals surface area contributed by atoms with Crippen LogP contribution in [0.4, 0.5) is 11.4 Å². The fourth-order valence-electron chi connectivity index (χ4n) is 3.87. The molecule has 4 rings (SSSR count). The highest BCUT2D eigenvalue weighted by Crippen LogP contribution is 2.32. The molecule has 0 unspecified atom stereocenters. The zero-order chi connectivity index (χ0) is 20.4. The molecule has 0 radical (unpaired) electrons. The molecule has 0 saturated carbocycles. The van der Waals surface area contributed by atoms with E-state index in [-0.39, 0.29) is 0 Å². The fourth-order valence-corrected chi connectivity index (χ4v) is 4.81. The lowest BCUT2D eigenvalue weighted by atomic mass is 10.1. The number of piperazine rings is 1. The van der Waals surface area contributed by atoms with Gasteiger partial charge in [-0.2, -0.15) is 0 Å². The van der Waals surface area contributed by atoms with Gasteiger partial charge in [-0.25, -0.2) is 13.1 Å². The standard InChI is InChI=1S/C22H25N3O3S/c1-23-29(26,27)22-12-11-21(19-5-3-4-6-20(19)22)25-15-13-24(14-16-25)17-7-9-18(28-2)10-8-17/h3-12,23H,13-16H2,1-2H3. The van der Waals surface area contributed by atoms with Gasteiger partial charge in [0, 0.05) is 48.3 Å². The van der Waals surface area contributed by atoms with Gasteiger partial charge in [0.15, 0.2) is 0 Å². The highest BCUT2D eigenvalue weighted by atomic mass is 32.2. The summed E-state index contributed by atoms with van der Waals surface area (Å²) in [6.45, 7) is 3.54. The first kappa shape index (κ1) is 19.5. The molecule has 1 N–H and O–H groups in total. The van der Waals surface area contributed by atoms with Crippen LogP contribution in [0.5, 0.6) is 5.75 Å². The molecule has 29 heavy (non-hydrogen) atoms. The fraction of sp³-hybridized carbons (Fsp3) is 0.273. The Morgan fingerprint density at radius 2 is 1.45 bits per heavy atom. The van der Waals surface area contributed by atoms with Crippen molar-refractivity contribution >= 4 is 32.2 Å². The SMILES string of the molecule is CNS(=O)(=O)c1ccc(N2CCN(c3ccc(OC)cc3)CC2)c2ccccc12. The van der Waals surface area contributed by atoms with Gasteiger partial charge in [0.25, 0.3) is 0 Å². The third-order valence-electron chi connectivity index (χ3n) is 5.48. The van der Waals surface area contributed by atoms with Crippen molar-refractivity contribution in [2.75, 3.05) is 50.1 Å². The molecule has 1 aliphatic rings. The average molecular weight is 412 g/mol. The molecule has 0 spiro atoms. The van der Waals surface area contributed by atoms with Gasteiger partial charge in [0.1, 0.15) is 5.75 Å². The maximum atomic E-state index is 12.4. The van der Waals surface area contributed by atoms with Gasteiger partial charge in [-0.15, -0.1) is 0 Å². The molecule has 3 aromatic carbocycles. The van der Waals surface area contributed by atoms with Crippen LogP contribution in [-0.2, 0) is 10.0 Å². The van der Waals surface area contributed by atoms with E-state index in [0.29, 0.717) is 4.90 Å². The van der Waals surface area contributed by atoms with Crippen LogP contribution in [0.15, 0.2) is 65.6 Å². The van der Waals surface area contributed by atoms with Crippen molar-refractivity contribution in [2.45, 2.75) is 4.90 Å². The number of sulfonamides is 1. The van der Waals surface area contributed by atoms with Gasteiger partial charge >= 0.3 is 0 Å². The Kier molecular flexibility index (Phi) is 5.34. The summed E-state index contributed by atoms with van der Waals surface area (Å²) in [5.41, 5.74) is 2.26. The normalized spacial score (nSPS) is 15.0. The number of ether oxygens (including phenoxy) is 1. The first-order chi connectivity index (χ1) is 14.0. The van der Waals surface area contributed by atoms with Crippen molar-refractivity contribution in [1.29, 1.82) is 0 Å². The van der Waals surface area contributed by atoms with Gasteiger partial charge in [-0.1, -0.05) is 24.3 Å². The van der Waals surface area contributed by atoms with E-state index in [2.05, 4.69) is 26.7 Å². The van der Waals surface area contributed by atoms with Crippen LogP contribution in [0.25, 0.3) is 10.8 Å². The zero-order valence-electron chi connectivity index (χ0n) is 16.6. The summed E-state index contributed by atoms with van der Waals surface area (Å²) >= 11 is 0. The second kappa shape index (κ2) is 7.93. The quantitative estimate of drug-likeness (QED) is 0.699. The number of rotatable bonds is 5. The third kappa shape index (κ3) is 3.75. The van der Waals surface area contributed by atoms with Crippen LogP contribution in [0.1, 0.15) is 0 Å². The third-order valence-corrected chi connectivity index (χ3v) is 6.95. The summed E-state index contributed by atoms with van der Waals surface area (Å²) in [5, 5.41) is 1.71. The van der Waals surface area contributed by atoms with Crippen molar-refractivity contribution in [1.82, 2.24) is 4.72 Å². The molecule has 0 amide bonds. The summed E-state index contributed by atoms with van der Waals surface area (Å²) < 4.78 is 32.5. The van der Waals surface area contributed by atoms with Crippen LogP contribution in [-0.4, -0.2) is 48.8 Å². The highest BCUT2D eigenvalue weighted by molar-refractivity contribution is 7.89. The minimum absolute atomic E-state index is 0.316. The molecule has 0 aliphatic carbocycles. The number of fused-ring (bicyclic) bond motifs is 1. The zero-order valence-corrected chi connectivity index (χ0v) is 17.4. The number of hydrogen-bond donors (Lipinski definition) is 1. The van der Waals surface area contributed by atoms with Gasteiger partial charge in [0.05, 0.1) is 12.0 Å². The molecule has 152 valence electrons. The minimum Gasteiger partial charge on any atom is -0.497 e. The molecular weight excluding hydrogens is 386 g/mol. The maximum Gasteiger partial charge on any atom is 0.240 e. The van der Waals surface area contributed by atoms with E-state index < -0.39 is 10.0 Å². The van der Waals surface area contributed by atoms with Crippen molar-refractivity contribution in [3.8, 4) is 5.75 Å². The predicted molar refractivity (Wildman–Crippen MR) is 118 cm³/mol. The molecule has 0 atom stereocenters. The van der Waals surface area contributed by atoms with Gasteiger partial charge in [0.2, 0.25) is 10.0 Å². The molecule has 6 nitrogen and oxygen atoms in total. The van der Waals surface area contributed by atoms with Crippen LogP contribution in [0.3, 0.4) is 0 Å². The topological polar surface area (TPSA) is 61.9 Å². The maximum absolute atomic E-state index is 12.4. The molecule has 7 heteroatoms. The smallest absolute Gasteiger partial charge is 0.240 e. The largest absolute Gasteiger partial charge is 0.497 e. The molecule has 1 saturated heterocycles. The van der Waals surface area contributed by atoms with Crippen molar-refractivity contribution in [3.63, 3.8) is 0 Å². The number of benzene rings is 3. The summed E-state index contributed by atoms with van der Waals surface area (Å²) in [6, 6.07) is 19.5. The minimum atomic E-state index is -3.51. The number of nitrogens with one attached hydrogen (secondary N) is 1. The lowest BCUT2D eigenvalue weighted by molar-refractivity contribution is 0.415. The second-order valence-electron chi connectivity index (χ2n) is 7.01. The van der Waals surface area contributed by atoms with E-state index in [1.54, 1.807) is 13.2 Å². The van der Waals surface area contributed by atoms with Crippen LogP contribution in [0.2, 0.25) is 0 Å². The van der Waals surface area contributed by atoms with E-state index in [9.17, 15) is 8.42 Å². The predicted octanol–water partition coefficient (Wildman–Crippen LogP) is 3.08. The number of hydrogen-bond acceptors (Lipinski definition) is 5. The van der Waals surface area contributed by atoms with Crippen LogP contribution < -0.4 is 19.3 Å². The van der Waals surface area contributed by atoms with E-state index in [1.165, 1.54) is 12.7 Å². The molecule has 1 heterocycles. The summed E-state index contributed by atoms with van der Waals surface area (Å²) in [6.07, 6.45) is 0. The van der Waals surface area contributed by atoms with Crippen molar-refractivity contribution < 1.29 is 13.2 Å². The Bertz CT molecular complexity index is 1110. The monoisotopic (exact) mass is 411 g/mol. The number of methoxy groups -OCH3 is 1. The second-order valence-corrected chi connectivity index (χ2v) is 8.86. The molecule has 1 aliphatic heterocycles. The highest BCUT2D eigenvalue weighted by Gasteiger charge is 2.22. The van der Waals surface area contributed by atoms with Crippen LogP contribution >= 0.6 is 0 Å². The Hall–Kier alpha value is -2.77. The lowest BCUT2D eigenvalue weighted by Gasteiger charge is -2.38. The van der Waals surface area contributed by atoms with Crippen LogP contribution in [0, 0.1) is 0 Å². The van der Waals surface area contributed by atoms with Crippen molar-refractivity contribution in [2.24, 2.45) is 0 Å². The Morgan fingerprint density at radius 3 is 2.07 bits per heavy atom. The summed E-state index contributed by atoms with van der Waals surface area (Å²) in [4.78, 5) is 5.01. The number of nitrogens with zero attached hydrogens (tertiary/aromatic N) is 2. The van der Waals surface area contributed by atoms with E-state index in [1.807, 2.05) is 42.5 Å². The van der Waals surface area contributed by atoms with Crippen molar-refractivity contribution in [3.05, 3.63) is 60.7 Å². The Morgan fingerprint density at radius 1 is 0.828 bits per heavy atom. The molecular formula is C22H25N3O3S. The lowest BCUT2D eigenvalue weighted by Crippen LogP contribution is -2.46.